The molecule has 0 saturated heterocycles. The summed E-state index contributed by atoms with van der Waals surface area (Å²) >= 11 is 0. The second-order valence-electron chi connectivity index (χ2n) is 6.87. The fourth-order valence-corrected chi connectivity index (χ4v) is 3.30. The normalized spacial score (nSPS) is 11.7. The monoisotopic (exact) mass is 409 g/mol. The first-order chi connectivity index (χ1) is 14.3. The van der Waals surface area contributed by atoms with E-state index in [9.17, 15) is 19.8 Å². The maximum atomic E-state index is 12.8. The van der Waals surface area contributed by atoms with Gasteiger partial charge in [-0.3, -0.25) is 9.59 Å². The lowest BCUT2D eigenvalue weighted by Crippen LogP contribution is -2.31. The summed E-state index contributed by atoms with van der Waals surface area (Å²) in [6, 6.07) is 12.8. The number of aliphatic carboxylic acids is 1. The van der Waals surface area contributed by atoms with Crippen LogP contribution in [0.2, 0.25) is 0 Å². The second kappa shape index (κ2) is 8.69. The number of carboxylic acid groups (broad SMARTS) is 1. The molecular weight excluding hydrogens is 386 g/mol. The highest BCUT2D eigenvalue weighted by molar-refractivity contribution is 5.93. The number of carboxylic acids is 1. The van der Waals surface area contributed by atoms with Gasteiger partial charge in [0.2, 0.25) is 5.88 Å². The van der Waals surface area contributed by atoms with Gasteiger partial charge < -0.3 is 20.3 Å². The molecule has 1 aromatic heterocycles. The van der Waals surface area contributed by atoms with Gasteiger partial charge in [-0.15, -0.1) is 0 Å². The molecule has 1 amide bonds. The SMILES string of the molecule is COc1ccc(C(CC(=O)O)NC(=O)c2cc(O)n(-c3ccccc3)n2)c(C)c1C. The van der Waals surface area contributed by atoms with Crippen molar-refractivity contribution in [2.45, 2.75) is 26.3 Å². The van der Waals surface area contributed by atoms with Crippen molar-refractivity contribution in [3.8, 4) is 17.3 Å². The molecule has 0 radical (unpaired) electrons. The zero-order valence-corrected chi connectivity index (χ0v) is 16.9. The van der Waals surface area contributed by atoms with Crippen molar-refractivity contribution < 1.29 is 24.5 Å². The second-order valence-corrected chi connectivity index (χ2v) is 6.87. The minimum Gasteiger partial charge on any atom is -0.496 e. The Bertz CT molecular complexity index is 1080. The van der Waals surface area contributed by atoms with Gasteiger partial charge in [0.05, 0.1) is 25.3 Å². The molecule has 8 heteroatoms. The van der Waals surface area contributed by atoms with Gasteiger partial charge in [-0.05, 0) is 48.7 Å². The van der Waals surface area contributed by atoms with Gasteiger partial charge in [-0.2, -0.15) is 5.10 Å². The van der Waals surface area contributed by atoms with Crippen LogP contribution in [0, 0.1) is 13.8 Å². The Kier molecular flexibility index (Phi) is 6.06. The average molecular weight is 409 g/mol. The molecule has 2 aromatic carbocycles. The maximum Gasteiger partial charge on any atom is 0.305 e. The molecule has 0 saturated carbocycles. The Morgan fingerprint density at radius 3 is 2.47 bits per heavy atom. The minimum atomic E-state index is -1.05. The summed E-state index contributed by atoms with van der Waals surface area (Å²) in [6.07, 6.45) is -0.302. The van der Waals surface area contributed by atoms with Crippen molar-refractivity contribution in [2.75, 3.05) is 7.11 Å². The number of hydrogen-bond donors (Lipinski definition) is 3. The molecule has 0 aliphatic carbocycles. The Labute approximate surface area is 173 Å². The fourth-order valence-electron chi connectivity index (χ4n) is 3.30. The molecule has 30 heavy (non-hydrogen) atoms. The third kappa shape index (κ3) is 4.27. The number of nitrogens with zero attached hydrogens (tertiary/aromatic N) is 2. The number of rotatable bonds is 7. The molecule has 3 aromatic rings. The molecule has 0 fully saturated rings. The average Bonchev–Trinajstić information content (AvgIpc) is 3.11. The Balaban J connectivity index is 1.90. The highest BCUT2D eigenvalue weighted by atomic mass is 16.5. The molecule has 0 bridgehead atoms. The van der Waals surface area contributed by atoms with Crippen LogP contribution >= 0.6 is 0 Å². The van der Waals surface area contributed by atoms with Crippen molar-refractivity contribution in [1.82, 2.24) is 15.1 Å². The summed E-state index contributed by atoms with van der Waals surface area (Å²) in [5.41, 5.74) is 2.95. The number of amides is 1. The van der Waals surface area contributed by atoms with Crippen LogP contribution in [0.4, 0.5) is 0 Å². The first kappa shape index (κ1) is 20.9. The van der Waals surface area contributed by atoms with Gasteiger partial charge in [-0.1, -0.05) is 24.3 Å². The van der Waals surface area contributed by atoms with E-state index in [0.29, 0.717) is 17.0 Å². The number of para-hydroxylation sites is 1. The smallest absolute Gasteiger partial charge is 0.305 e. The molecule has 8 nitrogen and oxygen atoms in total. The lowest BCUT2D eigenvalue weighted by molar-refractivity contribution is -0.137. The van der Waals surface area contributed by atoms with E-state index in [4.69, 9.17) is 4.74 Å². The van der Waals surface area contributed by atoms with Crippen molar-refractivity contribution in [2.24, 2.45) is 0 Å². The zero-order chi connectivity index (χ0) is 21.8. The predicted molar refractivity (Wildman–Crippen MR) is 110 cm³/mol. The van der Waals surface area contributed by atoms with Crippen molar-refractivity contribution in [3.63, 3.8) is 0 Å². The third-order valence-corrected chi connectivity index (χ3v) is 4.98. The van der Waals surface area contributed by atoms with E-state index >= 15 is 0 Å². The number of nitrogens with one attached hydrogen (secondary N) is 1. The van der Waals surface area contributed by atoms with Gasteiger partial charge in [0.15, 0.2) is 5.69 Å². The quantitative estimate of drug-likeness (QED) is 0.552. The van der Waals surface area contributed by atoms with E-state index in [1.54, 1.807) is 43.5 Å². The number of aromatic hydroxyl groups is 1. The number of carbonyl (C=O) groups excluding carboxylic acids is 1. The lowest BCUT2D eigenvalue weighted by atomic mass is 9.94. The first-order valence-electron chi connectivity index (χ1n) is 9.33. The van der Waals surface area contributed by atoms with Crippen LogP contribution in [0.25, 0.3) is 5.69 Å². The van der Waals surface area contributed by atoms with Crippen LogP contribution in [0.1, 0.15) is 39.6 Å². The van der Waals surface area contributed by atoms with E-state index < -0.39 is 17.9 Å². The Morgan fingerprint density at radius 2 is 1.83 bits per heavy atom. The van der Waals surface area contributed by atoms with E-state index in [1.165, 1.54) is 10.7 Å². The number of ether oxygens (including phenoxy) is 1. The zero-order valence-electron chi connectivity index (χ0n) is 16.9. The molecule has 1 atom stereocenters. The van der Waals surface area contributed by atoms with Gasteiger partial charge in [0.25, 0.3) is 5.91 Å². The Morgan fingerprint density at radius 1 is 1.13 bits per heavy atom. The van der Waals surface area contributed by atoms with Crippen LogP contribution < -0.4 is 10.1 Å². The molecule has 0 aliphatic rings. The van der Waals surface area contributed by atoms with Gasteiger partial charge in [0, 0.05) is 6.07 Å². The number of methoxy groups -OCH3 is 1. The summed E-state index contributed by atoms with van der Waals surface area (Å²) in [6.45, 7) is 3.72. The van der Waals surface area contributed by atoms with E-state index in [1.807, 2.05) is 19.9 Å². The number of aromatic nitrogens is 2. The van der Waals surface area contributed by atoms with Crippen molar-refractivity contribution in [1.29, 1.82) is 0 Å². The van der Waals surface area contributed by atoms with Gasteiger partial charge >= 0.3 is 5.97 Å². The van der Waals surface area contributed by atoms with Crippen LogP contribution in [0.3, 0.4) is 0 Å². The van der Waals surface area contributed by atoms with E-state index in [0.717, 1.165) is 11.1 Å². The van der Waals surface area contributed by atoms with Crippen molar-refractivity contribution >= 4 is 11.9 Å². The summed E-state index contributed by atoms with van der Waals surface area (Å²) < 4.78 is 6.55. The highest BCUT2D eigenvalue weighted by Gasteiger charge is 2.24. The summed E-state index contributed by atoms with van der Waals surface area (Å²) in [5, 5.41) is 26.4. The minimum absolute atomic E-state index is 0.0189. The largest absolute Gasteiger partial charge is 0.496 e. The van der Waals surface area contributed by atoms with Gasteiger partial charge in [0.1, 0.15) is 5.75 Å². The third-order valence-electron chi connectivity index (χ3n) is 4.98. The summed E-state index contributed by atoms with van der Waals surface area (Å²) in [7, 11) is 1.56. The molecule has 0 spiro atoms. The van der Waals surface area contributed by atoms with Crippen LogP contribution in [-0.2, 0) is 4.79 Å². The fraction of sp³-hybridized carbons (Fsp3) is 0.227. The Hall–Kier alpha value is -3.81. The molecule has 3 rings (SSSR count). The van der Waals surface area contributed by atoms with Crippen LogP contribution in [0.15, 0.2) is 48.5 Å². The van der Waals surface area contributed by atoms with E-state index in [2.05, 4.69) is 10.4 Å². The number of hydrogen-bond acceptors (Lipinski definition) is 5. The standard InChI is InChI=1S/C22H23N3O5/c1-13-14(2)19(30-3)10-9-16(13)17(12-21(27)28)23-22(29)18-11-20(26)25(24-18)15-7-5-4-6-8-15/h4-11,17,26H,12H2,1-3H3,(H,23,29)(H,27,28). The first-order valence-corrected chi connectivity index (χ1v) is 9.33. The number of carbonyl (C=O) groups is 2. The number of benzene rings is 2. The maximum absolute atomic E-state index is 12.8. The molecule has 1 unspecified atom stereocenters. The van der Waals surface area contributed by atoms with Crippen LogP contribution in [0.5, 0.6) is 11.6 Å². The topological polar surface area (TPSA) is 114 Å². The van der Waals surface area contributed by atoms with Crippen molar-refractivity contribution in [3.05, 3.63) is 70.9 Å². The summed E-state index contributed by atoms with van der Waals surface area (Å²) in [4.78, 5) is 24.2. The highest BCUT2D eigenvalue weighted by Crippen LogP contribution is 2.29. The van der Waals surface area contributed by atoms with Crippen LogP contribution in [-0.4, -0.2) is 39.0 Å². The van der Waals surface area contributed by atoms with Gasteiger partial charge in [-0.25, -0.2) is 4.68 Å². The predicted octanol–water partition coefficient (Wildman–Crippen LogP) is 3.15. The lowest BCUT2D eigenvalue weighted by Gasteiger charge is -2.21. The molecule has 3 N–H and O–H groups in total. The molecular formula is C22H23N3O5. The molecule has 1 heterocycles. The van der Waals surface area contributed by atoms with E-state index in [-0.39, 0.29) is 18.0 Å². The molecule has 156 valence electrons. The molecule has 0 aliphatic heterocycles. The summed E-state index contributed by atoms with van der Waals surface area (Å²) in [5.74, 6) is -1.15.